The van der Waals surface area contributed by atoms with Crippen molar-refractivity contribution in [1.82, 2.24) is 15.1 Å². The number of amides is 1. The Morgan fingerprint density at radius 3 is 2.52 bits per heavy atom. The highest BCUT2D eigenvalue weighted by molar-refractivity contribution is 5.83. The number of hydrogen-bond acceptors (Lipinski definition) is 6. The summed E-state index contributed by atoms with van der Waals surface area (Å²) in [6, 6.07) is -0.393. The fourth-order valence-electron chi connectivity index (χ4n) is 3.91. The van der Waals surface area contributed by atoms with Crippen LogP contribution >= 0.6 is 0 Å². The van der Waals surface area contributed by atoms with Gasteiger partial charge in [0.05, 0.1) is 6.10 Å². The van der Waals surface area contributed by atoms with Crippen LogP contribution in [0.2, 0.25) is 0 Å². The summed E-state index contributed by atoms with van der Waals surface area (Å²) in [5.74, 6) is 0.0172. The van der Waals surface area contributed by atoms with Gasteiger partial charge in [-0.2, -0.15) is 0 Å². The lowest BCUT2D eigenvalue weighted by atomic mass is 9.82. The Kier molecular flexibility index (Phi) is 4.56. The molecule has 27 heavy (non-hydrogen) atoms. The monoisotopic (exact) mass is 388 g/mol. The highest BCUT2D eigenvalue weighted by Gasteiger charge is 2.45. The first kappa shape index (κ1) is 18.5. The number of carbonyl (C=O) groups is 1. The van der Waals surface area contributed by atoms with Crippen LogP contribution in [-0.2, 0) is 9.53 Å². The molecule has 0 unspecified atom stereocenters. The van der Waals surface area contributed by atoms with Gasteiger partial charge < -0.3 is 14.6 Å². The van der Waals surface area contributed by atoms with Crippen LogP contribution in [0.1, 0.15) is 57.3 Å². The second kappa shape index (κ2) is 6.65. The molecule has 3 aliphatic rings. The van der Waals surface area contributed by atoms with E-state index in [1.165, 1.54) is 12.8 Å². The Hall–Kier alpha value is -1.84. The number of ether oxygens (including phenoxy) is 1. The van der Waals surface area contributed by atoms with Gasteiger partial charge in [0.1, 0.15) is 6.04 Å². The lowest BCUT2D eigenvalue weighted by molar-refractivity contribution is -0.352. The Labute approximate surface area is 154 Å². The van der Waals surface area contributed by atoms with Gasteiger partial charge in [0.2, 0.25) is 11.8 Å². The molecule has 1 saturated heterocycles. The first-order chi connectivity index (χ1) is 12.7. The number of alkyl halides is 3. The summed E-state index contributed by atoms with van der Waals surface area (Å²) >= 11 is 0. The summed E-state index contributed by atoms with van der Waals surface area (Å²) in [5.41, 5.74) is 0.505. The van der Waals surface area contributed by atoms with Gasteiger partial charge in [0.15, 0.2) is 0 Å². The molecule has 2 heterocycles. The molecular formula is C17H23F3N4O3. The lowest BCUT2D eigenvalue weighted by Crippen LogP contribution is -2.45. The molecular weight excluding hydrogens is 365 g/mol. The van der Waals surface area contributed by atoms with E-state index in [1.807, 2.05) is 4.90 Å². The topological polar surface area (TPSA) is 80.5 Å². The summed E-state index contributed by atoms with van der Waals surface area (Å²) in [4.78, 5) is 14.4. The van der Waals surface area contributed by atoms with E-state index in [-0.39, 0.29) is 36.6 Å². The first-order valence-electron chi connectivity index (χ1n) is 9.36. The Morgan fingerprint density at radius 1 is 1.26 bits per heavy atom. The maximum absolute atomic E-state index is 12.6. The zero-order valence-corrected chi connectivity index (χ0v) is 15.1. The molecule has 3 fully saturated rings. The van der Waals surface area contributed by atoms with Crippen molar-refractivity contribution in [2.45, 2.75) is 69.9 Å². The number of aromatic nitrogens is 2. The van der Waals surface area contributed by atoms with Crippen molar-refractivity contribution in [2.24, 2.45) is 5.41 Å². The molecule has 2 saturated carbocycles. The number of nitrogens with one attached hydrogen (secondary N) is 1. The fraction of sp³-hybridized carbons (Fsp3) is 0.824. The number of rotatable bonds is 5. The van der Waals surface area contributed by atoms with Crippen LogP contribution in [0.25, 0.3) is 0 Å². The average Bonchev–Trinajstić information content (AvgIpc) is 3.16. The number of piperidine rings is 1. The zero-order valence-electron chi connectivity index (χ0n) is 15.1. The van der Waals surface area contributed by atoms with Gasteiger partial charge in [-0.05, 0) is 50.9 Å². The number of hydrogen-bond donors (Lipinski definition) is 1. The molecule has 1 aromatic rings. The Balaban J connectivity index is 1.25. The van der Waals surface area contributed by atoms with Crippen LogP contribution < -0.4 is 5.32 Å². The summed E-state index contributed by atoms with van der Waals surface area (Å²) in [7, 11) is 0. The van der Waals surface area contributed by atoms with Crippen molar-refractivity contribution in [3.8, 4) is 0 Å². The maximum Gasteiger partial charge on any atom is 0.522 e. The predicted octanol–water partition coefficient (Wildman–Crippen LogP) is 3.06. The number of anilines is 1. The average molecular weight is 388 g/mol. The molecule has 0 aromatic carbocycles. The molecule has 1 atom stereocenters. The minimum Gasteiger partial charge on any atom is -0.408 e. The smallest absolute Gasteiger partial charge is 0.408 e. The van der Waals surface area contributed by atoms with E-state index in [2.05, 4.69) is 20.3 Å². The first-order valence-corrected chi connectivity index (χ1v) is 9.36. The second-order valence-corrected chi connectivity index (χ2v) is 7.99. The van der Waals surface area contributed by atoms with E-state index in [1.54, 1.807) is 6.92 Å². The Morgan fingerprint density at radius 2 is 1.93 bits per heavy atom. The SMILES string of the molecule is C[C@H](Nc1nnc(C2CC(OC(F)(F)F)C2)o1)C(=O)N1CCC2(CC1)CC2. The van der Waals surface area contributed by atoms with E-state index >= 15 is 0 Å². The third-order valence-electron chi connectivity index (χ3n) is 5.99. The summed E-state index contributed by atoms with van der Waals surface area (Å²) in [5, 5.41) is 10.6. The largest absolute Gasteiger partial charge is 0.522 e. The number of carbonyl (C=O) groups excluding carboxylic acids is 1. The van der Waals surface area contributed by atoms with Crippen molar-refractivity contribution in [3.05, 3.63) is 5.89 Å². The fourth-order valence-corrected chi connectivity index (χ4v) is 3.91. The van der Waals surface area contributed by atoms with Crippen LogP contribution in [-0.4, -0.2) is 52.6 Å². The molecule has 1 aromatic heterocycles. The third-order valence-corrected chi connectivity index (χ3v) is 5.99. The molecule has 4 rings (SSSR count). The molecule has 1 N–H and O–H groups in total. The van der Waals surface area contributed by atoms with Gasteiger partial charge in [-0.1, -0.05) is 5.10 Å². The van der Waals surface area contributed by atoms with Gasteiger partial charge >= 0.3 is 12.4 Å². The number of halogens is 3. The number of likely N-dealkylation sites (tertiary alicyclic amines) is 1. The van der Waals surface area contributed by atoms with Gasteiger partial charge in [-0.25, -0.2) is 0 Å². The zero-order chi connectivity index (χ0) is 19.2. The molecule has 10 heteroatoms. The number of nitrogens with zero attached hydrogens (tertiary/aromatic N) is 3. The maximum atomic E-state index is 12.6. The molecule has 0 bridgehead atoms. The molecule has 1 spiro atoms. The van der Waals surface area contributed by atoms with Crippen molar-refractivity contribution >= 4 is 11.9 Å². The quantitative estimate of drug-likeness (QED) is 0.835. The summed E-state index contributed by atoms with van der Waals surface area (Å²) in [6.45, 7) is 3.30. The normalized spacial score (nSPS) is 27.9. The minimum absolute atomic E-state index is 0.00691. The van der Waals surface area contributed by atoms with Gasteiger partial charge in [0, 0.05) is 19.0 Å². The van der Waals surface area contributed by atoms with E-state index < -0.39 is 18.5 Å². The molecule has 1 amide bonds. The second-order valence-electron chi connectivity index (χ2n) is 7.99. The van der Waals surface area contributed by atoms with E-state index in [0.29, 0.717) is 5.41 Å². The molecule has 2 aliphatic carbocycles. The summed E-state index contributed by atoms with van der Waals surface area (Å²) < 4.78 is 45.9. The van der Waals surface area contributed by atoms with E-state index in [9.17, 15) is 18.0 Å². The highest BCUT2D eigenvalue weighted by Crippen LogP contribution is 2.53. The van der Waals surface area contributed by atoms with Gasteiger partial charge in [-0.15, -0.1) is 18.3 Å². The van der Waals surface area contributed by atoms with Crippen LogP contribution in [0, 0.1) is 5.41 Å². The van der Waals surface area contributed by atoms with Crippen LogP contribution in [0.4, 0.5) is 19.2 Å². The van der Waals surface area contributed by atoms with Crippen molar-refractivity contribution < 1.29 is 27.1 Å². The molecule has 1 aliphatic heterocycles. The van der Waals surface area contributed by atoms with Crippen molar-refractivity contribution in [3.63, 3.8) is 0 Å². The Bertz CT molecular complexity index is 688. The van der Waals surface area contributed by atoms with Crippen molar-refractivity contribution in [1.29, 1.82) is 0 Å². The standard InChI is InChI=1S/C17H23F3N4O3/c1-10(14(25)24-6-4-16(2-3-16)5-7-24)21-15-23-22-13(26-15)11-8-12(9-11)27-17(18,19)20/h10-12H,2-9H2,1H3,(H,21,23)/t10-,11?,12?/m0/s1. The van der Waals surface area contributed by atoms with Crippen molar-refractivity contribution in [2.75, 3.05) is 18.4 Å². The summed E-state index contributed by atoms with van der Waals surface area (Å²) in [6.07, 6.45) is -0.421. The minimum atomic E-state index is -4.62. The van der Waals surface area contributed by atoms with Gasteiger partial charge in [0.25, 0.3) is 0 Å². The van der Waals surface area contributed by atoms with Crippen LogP contribution in [0.5, 0.6) is 0 Å². The van der Waals surface area contributed by atoms with E-state index in [4.69, 9.17) is 4.42 Å². The predicted molar refractivity (Wildman–Crippen MR) is 87.8 cm³/mol. The van der Waals surface area contributed by atoms with Crippen LogP contribution in [0.15, 0.2) is 4.42 Å². The third kappa shape index (κ3) is 4.20. The van der Waals surface area contributed by atoms with Crippen LogP contribution in [0.3, 0.4) is 0 Å². The highest BCUT2D eigenvalue weighted by atomic mass is 19.4. The molecule has 150 valence electrons. The van der Waals surface area contributed by atoms with Gasteiger partial charge in [-0.3, -0.25) is 9.53 Å². The molecule has 0 radical (unpaired) electrons. The molecule has 7 nitrogen and oxygen atoms in total. The van der Waals surface area contributed by atoms with E-state index in [0.717, 1.165) is 25.9 Å². The lowest BCUT2D eigenvalue weighted by Gasteiger charge is -2.33.